The summed E-state index contributed by atoms with van der Waals surface area (Å²) in [4.78, 5) is 19.0. The van der Waals surface area contributed by atoms with Gasteiger partial charge in [0.25, 0.3) is 5.91 Å². The largest absolute Gasteiger partial charge is 0.493 e. The van der Waals surface area contributed by atoms with Crippen molar-refractivity contribution in [3.05, 3.63) is 63.4 Å². The van der Waals surface area contributed by atoms with E-state index in [0.29, 0.717) is 17.7 Å². The zero-order valence-corrected chi connectivity index (χ0v) is 15.0. The summed E-state index contributed by atoms with van der Waals surface area (Å²) in [6.45, 7) is 0.618. The molecule has 0 saturated heterocycles. The molecule has 2 aromatic carbocycles. The fourth-order valence-corrected chi connectivity index (χ4v) is 3.70. The van der Waals surface area contributed by atoms with Crippen LogP contribution >= 0.6 is 15.9 Å². The van der Waals surface area contributed by atoms with Crippen LogP contribution in [0.1, 0.15) is 16.7 Å². The number of guanidine groups is 1. The van der Waals surface area contributed by atoms with Crippen molar-refractivity contribution >= 4 is 27.8 Å². The average Bonchev–Trinajstić information content (AvgIpc) is 3.16. The molecule has 5 nitrogen and oxygen atoms in total. The number of ether oxygens (including phenoxy) is 1. The first-order valence-corrected chi connectivity index (χ1v) is 8.58. The van der Waals surface area contributed by atoms with E-state index in [1.165, 1.54) is 11.0 Å². The van der Waals surface area contributed by atoms with Gasteiger partial charge in [-0.2, -0.15) is 0 Å². The number of carbonyl (C=O) groups excluding carboxylic acids is 1. The first kappa shape index (κ1) is 16.1. The zero-order valence-electron chi connectivity index (χ0n) is 13.4. The van der Waals surface area contributed by atoms with Gasteiger partial charge >= 0.3 is 0 Å². The lowest BCUT2D eigenvalue weighted by molar-refractivity contribution is -0.129. The molecule has 0 bridgehead atoms. The van der Waals surface area contributed by atoms with Crippen LogP contribution in [0.25, 0.3) is 0 Å². The van der Waals surface area contributed by atoms with Gasteiger partial charge in [-0.3, -0.25) is 9.69 Å². The fraction of sp³-hybridized carbons (Fsp3) is 0.222. The molecule has 2 heterocycles. The molecule has 7 heteroatoms. The van der Waals surface area contributed by atoms with Crippen LogP contribution in [0.2, 0.25) is 0 Å². The molecule has 0 radical (unpaired) electrons. The third kappa shape index (κ3) is 2.26. The quantitative estimate of drug-likeness (QED) is 0.837. The van der Waals surface area contributed by atoms with Crippen molar-refractivity contribution in [3.8, 4) is 5.75 Å². The highest BCUT2D eigenvalue weighted by Gasteiger charge is 2.50. The molecule has 1 unspecified atom stereocenters. The number of nitrogens with zero attached hydrogens (tertiary/aromatic N) is 2. The lowest BCUT2D eigenvalue weighted by Crippen LogP contribution is -2.41. The van der Waals surface area contributed by atoms with Gasteiger partial charge in [0.2, 0.25) is 0 Å². The number of likely N-dealkylation sites (N-methyl/N-ethyl adjacent to an activating group) is 1. The molecule has 2 aromatic rings. The van der Waals surface area contributed by atoms with Crippen molar-refractivity contribution in [2.45, 2.75) is 12.0 Å². The molecule has 25 heavy (non-hydrogen) atoms. The van der Waals surface area contributed by atoms with E-state index in [0.717, 1.165) is 17.7 Å². The molecular weight excluding hydrogens is 389 g/mol. The third-order valence-corrected chi connectivity index (χ3v) is 5.29. The van der Waals surface area contributed by atoms with Gasteiger partial charge in [-0.1, -0.05) is 12.1 Å². The topological polar surface area (TPSA) is 67.9 Å². The minimum Gasteiger partial charge on any atom is -0.493 e. The van der Waals surface area contributed by atoms with Crippen LogP contribution in [0, 0.1) is 5.82 Å². The van der Waals surface area contributed by atoms with Crippen LogP contribution in [0.3, 0.4) is 0 Å². The second-order valence-corrected chi connectivity index (χ2v) is 6.95. The molecule has 2 aliphatic rings. The van der Waals surface area contributed by atoms with E-state index >= 15 is 0 Å². The molecule has 128 valence electrons. The standard InChI is InChI=1S/C18H15BrFN3O2/c1-23-16(24)18(22-17(23)21,12-2-4-14(20)13(19)9-12)11-3-5-15-10(8-11)6-7-25-15/h2-5,8-9H,6-7H2,1H3,(H2,21,22). The van der Waals surface area contributed by atoms with Gasteiger partial charge in [-0.05, 0) is 56.9 Å². The van der Waals surface area contributed by atoms with E-state index < -0.39 is 11.4 Å². The van der Waals surface area contributed by atoms with E-state index in [1.807, 2.05) is 18.2 Å². The number of carbonyl (C=O) groups is 1. The summed E-state index contributed by atoms with van der Waals surface area (Å²) in [5.74, 6) is 0.261. The van der Waals surface area contributed by atoms with Crippen molar-refractivity contribution in [3.63, 3.8) is 0 Å². The van der Waals surface area contributed by atoms with Crippen molar-refractivity contribution < 1.29 is 13.9 Å². The predicted octanol–water partition coefficient (Wildman–Crippen LogP) is 2.55. The van der Waals surface area contributed by atoms with Gasteiger partial charge in [-0.15, -0.1) is 0 Å². The number of fused-ring (bicyclic) bond motifs is 1. The molecule has 2 N–H and O–H groups in total. The van der Waals surface area contributed by atoms with E-state index in [4.69, 9.17) is 10.5 Å². The average molecular weight is 404 g/mol. The molecule has 0 aromatic heterocycles. The number of rotatable bonds is 2. The van der Waals surface area contributed by atoms with Gasteiger partial charge in [0.05, 0.1) is 11.1 Å². The van der Waals surface area contributed by atoms with E-state index in [2.05, 4.69) is 20.9 Å². The van der Waals surface area contributed by atoms with Crippen LogP contribution in [-0.2, 0) is 16.8 Å². The number of hydrogen-bond donors (Lipinski definition) is 1. The van der Waals surface area contributed by atoms with Crippen LogP contribution in [0.5, 0.6) is 5.75 Å². The van der Waals surface area contributed by atoms with Crippen LogP contribution in [-0.4, -0.2) is 30.4 Å². The van der Waals surface area contributed by atoms with E-state index in [9.17, 15) is 9.18 Å². The Hall–Kier alpha value is -2.41. The highest BCUT2D eigenvalue weighted by atomic mass is 79.9. The summed E-state index contributed by atoms with van der Waals surface area (Å²) in [5.41, 5.74) is 6.88. The van der Waals surface area contributed by atoms with Gasteiger partial charge in [-0.25, -0.2) is 9.38 Å². The highest BCUT2D eigenvalue weighted by Crippen LogP contribution is 2.42. The molecule has 1 amide bonds. The zero-order chi connectivity index (χ0) is 17.8. The number of benzene rings is 2. The molecule has 4 rings (SSSR count). The SMILES string of the molecule is CN1C(=O)C(c2ccc(F)c(Br)c2)(c2ccc3c(c2)CCO3)N=C1N. The second-order valence-electron chi connectivity index (χ2n) is 6.09. The minimum absolute atomic E-state index is 0.127. The molecule has 2 aliphatic heterocycles. The highest BCUT2D eigenvalue weighted by molar-refractivity contribution is 9.10. The van der Waals surface area contributed by atoms with Gasteiger partial charge < -0.3 is 10.5 Å². The predicted molar refractivity (Wildman–Crippen MR) is 94.9 cm³/mol. The molecule has 0 fully saturated rings. The van der Waals surface area contributed by atoms with Crippen molar-refractivity contribution in [1.82, 2.24) is 4.90 Å². The maximum atomic E-state index is 13.7. The summed E-state index contributed by atoms with van der Waals surface area (Å²) in [5, 5.41) is 0. The molecule has 0 saturated carbocycles. The van der Waals surface area contributed by atoms with Gasteiger partial charge in [0, 0.05) is 13.5 Å². The first-order chi connectivity index (χ1) is 11.9. The Kier molecular flexibility index (Phi) is 3.57. The summed E-state index contributed by atoms with van der Waals surface area (Å²) in [6, 6.07) is 10.0. The van der Waals surface area contributed by atoms with Crippen molar-refractivity contribution in [2.75, 3.05) is 13.7 Å². The lowest BCUT2D eigenvalue weighted by atomic mass is 9.82. The molecular formula is C18H15BrFN3O2. The smallest absolute Gasteiger partial charge is 0.266 e. The Morgan fingerprint density at radius 1 is 1.28 bits per heavy atom. The first-order valence-electron chi connectivity index (χ1n) is 7.78. The van der Waals surface area contributed by atoms with E-state index in [1.54, 1.807) is 19.2 Å². The minimum atomic E-state index is -1.33. The van der Waals surface area contributed by atoms with Crippen molar-refractivity contribution in [1.29, 1.82) is 0 Å². The summed E-state index contributed by atoms with van der Waals surface area (Å²) >= 11 is 3.19. The lowest BCUT2D eigenvalue weighted by Gasteiger charge is -2.26. The molecule has 0 spiro atoms. The van der Waals surface area contributed by atoms with E-state index in [-0.39, 0.29) is 16.3 Å². The Bertz CT molecular complexity index is 931. The Labute approximate surface area is 152 Å². The fourth-order valence-electron chi connectivity index (χ4n) is 3.32. The summed E-state index contributed by atoms with van der Waals surface area (Å²) < 4.78 is 19.5. The molecule has 1 atom stereocenters. The maximum absolute atomic E-state index is 13.7. The third-order valence-electron chi connectivity index (χ3n) is 4.68. The Morgan fingerprint density at radius 2 is 2.00 bits per heavy atom. The maximum Gasteiger partial charge on any atom is 0.266 e. The van der Waals surface area contributed by atoms with Gasteiger partial charge in [0.1, 0.15) is 11.6 Å². The second kappa shape index (κ2) is 5.56. The number of hydrogen-bond acceptors (Lipinski definition) is 4. The number of nitrogens with two attached hydrogens (primary N) is 1. The van der Waals surface area contributed by atoms with Crippen molar-refractivity contribution in [2.24, 2.45) is 10.7 Å². The summed E-state index contributed by atoms with van der Waals surface area (Å²) in [7, 11) is 1.58. The van der Waals surface area contributed by atoms with Crippen LogP contribution in [0.15, 0.2) is 45.9 Å². The summed E-state index contributed by atoms with van der Waals surface area (Å²) in [6.07, 6.45) is 0.773. The van der Waals surface area contributed by atoms with Gasteiger partial charge in [0.15, 0.2) is 11.5 Å². The normalized spacial score (nSPS) is 22.0. The van der Waals surface area contributed by atoms with Crippen LogP contribution in [0.4, 0.5) is 4.39 Å². The number of halogens is 2. The Balaban J connectivity index is 1.97. The monoisotopic (exact) mass is 403 g/mol. The molecule has 0 aliphatic carbocycles. The number of aliphatic imine (C=N–C) groups is 1. The number of amides is 1. The Morgan fingerprint density at radius 3 is 2.68 bits per heavy atom. The van der Waals surface area contributed by atoms with Crippen LogP contribution < -0.4 is 10.5 Å².